The van der Waals surface area contributed by atoms with Crippen molar-refractivity contribution in [2.45, 2.75) is 6.92 Å². The lowest BCUT2D eigenvalue weighted by Gasteiger charge is -2.05. The Morgan fingerprint density at radius 1 is 1.14 bits per heavy atom. The van der Waals surface area contributed by atoms with E-state index in [-0.39, 0.29) is 11.2 Å². The van der Waals surface area contributed by atoms with Gasteiger partial charge in [-0.2, -0.15) is 0 Å². The maximum absolute atomic E-state index is 14.2. The molecular formula is C16H11FN4O. The molecule has 6 heteroatoms. The van der Waals surface area contributed by atoms with E-state index in [0.29, 0.717) is 16.9 Å². The first-order valence-corrected chi connectivity index (χ1v) is 6.75. The van der Waals surface area contributed by atoms with Gasteiger partial charge in [0.25, 0.3) is 5.56 Å². The van der Waals surface area contributed by atoms with E-state index in [1.807, 2.05) is 0 Å². The normalized spacial score (nSPS) is 11.4. The van der Waals surface area contributed by atoms with Crippen LogP contribution in [0.4, 0.5) is 4.39 Å². The van der Waals surface area contributed by atoms with Crippen LogP contribution in [-0.4, -0.2) is 18.8 Å². The van der Waals surface area contributed by atoms with E-state index in [9.17, 15) is 9.18 Å². The molecule has 4 rings (SSSR count). The molecule has 0 aliphatic rings. The molecule has 108 valence electrons. The summed E-state index contributed by atoms with van der Waals surface area (Å²) in [4.78, 5) is 20.7. The van der Waals surface area contributed by atoms with Crippen molar-refractivity contribution in [3.05, 3.63) is 70.8 Å². The van der Waals surface area contributed by atoms with Crippen LogP contribution in [0.2, 0.25) is 0 Å². The first kappa shape index (κ1) is 12.7. The molecule has 0 saturated heterocycles. The first-order chi connectivity index (χ1) is 10.6. The van der Waals surface area contributed by atoms with Crippen molar-refractivity contribution in [1.82, 2.24) is 18.8 Å². The van der Waals surface area contributed by atoms with Crippen LogP contribution in [-0.2, 0) is 0 Å². The Morgan fingerprint density at radius 2 is 2.00 bits per heavy atom. The monoisotopic (exact) mass is 294 g/mol. The van der Waals surface area contributed by atoms with Gasteiger partial charge in [-0.1, -0.05) is 6.07 Å². The molecule has 0 spiro atoms. The maximum atomic E-state index is 14.2. The molecule has 4 aromatic heterocycles. The van der Waals surface area contributed by atoms with Gasteiger partial charge in [-0.3, -0.25) is 9.20 Å². The highest BCUT2D eigenvalue weighted by atomic mass is 19.1. The smallest absolute Gasteiger partial charge is 0.258 e. The number of aryl methyl sites for hydroxylation is 1. The first-order valence-electron chi connectivity index (χ1n) is 6.75. The quantitative estimate of drug-likeness (QED) is 0.542. The van der Waals surface area contributed by atoms with Crippen molar-refractivity contribution in [2.24, 2.45) is 0 Å². The highest BCUT2D eigenvalue weighted by Gasteiger charge is 2.10. The van der Waals surface area contributed by atoms with E-state index >= 15 is 0 Å². The summed E-state index contributed by atoms with van der Waals surface area (Å²) >= 11 is 0. The van der Waals surface area contributed by atoms with E-state index in [0.717, 1.165) is 5.69 Å². The highest BCUT2D eigenvalue weighted by molar-refractivity contribution is 5.63. The van der Waals surface area contributed by atoms with Crippen molar-refractivity contribution in [1.29, 1.82) is 0 Å². The number of pyridine rings is 2. The van der Waals surface area contributed by atoms with Crippen molar-refractivity contribution in [3.63, 3.8) is 0 Å². The van der Waals surface area contributed by atoms with Gasteiger partial charge in [-0.05, 0) is 25.1 Å². The Hall–Kier alpha value is -3.02. The largest absolute Gasteiger partial charge is 0.304 e. The molecule has 4 aromatic rings. The molecule has 0 radical (unpaired) electrons. The number of fused-ring (bicyclic) bond motifs is 2. The molecule has 5 nitrogen and oxygen atoms in total. The molecule has 22 heavy (non-hydrogen) atoms. The van der Waals surface area contributed by atoms with Gasteiger partial charge in [0.05, 0.1) is 11.4 Å². The minimum atomic E-state index is -0.444. The Morgan fingerprint density at radius 3 is 2.86 bits per heavy atom. The van der Waals surface area contributed by atoms with Gasteiger partial charge in [0.15, 0.2) is 11.5 Å². The van der Waals surface area contributed by atoms with Crippen LogP contribution >= 0.6 is 0 Å². The average Bonchev–Trinajstić information content (AvgIpc) is 2.88. The highest BCUT2D eigenvalue weighted by Crippen LogP contribution is 2.20. The van der Waals surface area contributed by atoms with Gasteiger partial charge in [-0.15, -0.1) is 0 Å². The maximum Gasteiger partial charge on any atom is 0.258 e. The van der Waals surface area contributed by atoms with E-state index in [2.05, 4.69) is 9.97 Å². The third kappa shape index (κ3) is 1.88. The number of imidazole rings is 1. The Bertz CT molecular complexity index is 1080. The lowest BCUT2D eigenvalue weighted by Crippen LogP contribution is -2.13. The topological polar surface area (TPSA) is 51.7 Å². The number of hydrogen-bond donors (Lipinski definition) is 0. The molecule has 0 aliphatic carbocycles. The molecule has 4 heterocycles. The SMILES string of the molecule is Cc1cn2cc(-c3cc(=O)n4ccccc4n3)cc(F)c2n1. The number of halogens is 1. The van der Waals surface area contributed by atoms with Crippen LogP contribution in [0.5, 0.6) is 0 Å². The van der Waals surface area contributed by atoms with Gasteiger partial charge in [-0.25, -0.2) is 14.4 Å². The van der Waals surface area contributed by atoms with Gasteiger partial charge in [0.2, 0.25) is 0 Å². The van der Waals surface area contributed by atoms with E-state index in [1.165, 1.54) is 16.5 Å². The average molecular weight is 294 g/mol. The predicted molar refractivity (Wildman–Crippen MR) is 80.3 cm³/mol. The zero-order valence-corrected chi connectivity index (χ0v) is 11.7. The molecule has 0 aliphatic heterocycles. The zero-order valence-electron chi connectivity index (χ0n) is 11.7. The van der Waals surface area contributed by atoms with Crippen LogP contribution in [0.1, 0.15) is 5.69 Å². The molecular weight excluding hydrogens is 283 g/mol. The third-order valence-electron chi connectivity index (χ3n) is 3.49. The van der Waals surface area contributed by atoms with Crippen LogP contribution in [0.25, 0.3) is 22.6 Å². The number of nitrogens with zero attached hydrogens (tertiary/aromatic N) is 4. The standard InChI is InChI=1S/C16H11FN4O/c1-10-8-20-9-11(6-12(17)16(20)18-10)13-7-15(22)21-5-3-2-4-14(21)19-13/h2-9H,1H3. The predicted octanol–water partition coefficient (Wildman–Crippen LogP) is 2.46. The fourth-order valence-electron chi connectivity index (χ4n) is 2.52. The summed E-state index contributed by atoms with van der Waals surface area (Å²) < 4.78 is 17.2. The van der Waals surface area contributed by atoms with Crippen molar-refractivity contribution in [3.8, 4) is 11.3 Å². The molecule has 0 N–H and O–H groups in total. The lowest BCUT2D eigenvalue weighted by molar-refractivity contribution is 0.630. The molecule has 0 unspecified atom stereocenters. The van der Waals surface area contributed by atoms with Gasteiger partial charge < -0.3 is 4.40 Å². The van der Waals surface area contributed by atoms with Gasteiger partial charge in [0, 0.05) is 30.2 Å². The Kier molecular flexibility index (Phi) is 2.59. The molecule has 0 bridgehead atoms. The van der Waals surface area contributed by atoms with Gasteiger partial charge in [0.1, 0.15) is 5.65 Å². The van der Waals surface area contributed by atoms with E-state index in [1.54, 1.807) is 48.1 Å². The minimum absolute atomic E-state index is 0.206. The molecule has 0 amide bonds. The van der Waals surface area contributed by atoms with E-state index in [4.69, 9.17) is 0 Å². The summed E-state index contributed by atoms with van der Waals surface area (Å²) in [6.45, 7) is 1.80. The molecule has 0 fully saturated rings. The number of aromatic nitrogens is 4. The molecule has 0 atom stereocenters. The molecule has 0 saturated carbocycles. The fraction of sp³-hybridized carbons (Fsp3) is 0.0625. The lowest BCUT2D eigenvalue weighted by atomic mass is 10.2. The second kappa shape index (κ2) is 4.49. The summed E-state index contributed by atoms with van der Waals surface area (Å²) in [6, 6.07) is 8.05. The Labute approximate surface area is 124 Å². The van der Waals surface area contributed by atoms with Crippen LogP contribution < -0.4 is 5.56 Å². The van der Waals surface area contributed by atoms with Crippen molar-refractivity contribution in [2.75, 3.05) is 0 Å². The summed E-state index contributed by atoms with van der Waals surface area (Å²) in [5.41, 5.74) is 2.27. The van der Waals surface area contributed by atoms with Crippen molar-refractivity contribution < 1.29 is 4.39 Å². The number of hydrogen-bond acceptors (Lipinski definition) is 3. The van der Waals surface area contributed by atoms with Crippen molar-refractivity contribution >= 4 is 11.3 Å². The summed E-state index contributed by atoms with van der Waals surface area (Å²) in [7, 11) is 0. The second-order valence-corrected chi connectivity index (χ2v) is 5.10. The Balaban J connectivity index is 2.00. The van der Waals surface area contributed by atoms with Crippen LogP contribution in [0, 0.1) is 12.7 Å². The summed E-state index contributed by atoms with van der Waals surface area (Å²) in [6.07, 6.45) is 5.10. The van der Waals surface area contributed by atoms with E-state index < -0.39 is 5.82 Å². The fourth-order valence-corrected chi connectivity index (χ4v) is 2.52. The second-order valence-electron chi connectivity index (χ2n) is 5.10. The third-order valence-corrected chi connectivity index (χ3v) is 3.49. The summed E-state index contributed by atoms with van der Waals surface area (Å²) in [5.74, 6) is -0.444. The van der Waals surface area contributed by atoms with Gasteiger partial charge >= 0.3 is 0 Å². The zero-order chi connectivity index (χ0) is 15.3. The van der Waals surface area contributed by atoms with Crippen LogP contribution in [0.15, 0.2) is 53.7 Å². The summed E-state index contributed by atoms with van der Waals surface area (Å²) in [5, 5.41) is 0. The number of rotatable bonds is 1. The van der Waals surface area contributed by atoms with Crippen LogP contribution in [0.3, 0.4) is 0 Å². The minimum Gasteiger partial charge on any atom is -0.304 e. The molecule has 0 aromatic carbocycles.